The SMILES string of the molecule is C1CC2C[C]12. The molecule has 1 unspecified atom stereocenters. The Morgan fingerprint density at radius 2 is 2.40 bits per heavy atom. The first kappa shape index (κ1) is 2.22. The van der Waals surface area contributed by atoms with E-state index in [2.05, 4.69) is 0 Å². The first-order chi connectivity index (χ1) is 2.47. The van der Waals surface area contributed by atoms with Crippen LogP contribution < -0.4 is 0 Å². The van der Waals surface area contributed by atoms with E-state index in [0.717, 1.165) is 5.92 Å². The van der Waals surface area contributed by atoms with Gasteiger partial charge in [0.05, 0.1) is 0 Å². The molecule has 0 saturated heterocycles. The molecule has 0 aliphatic heterocycles. The zero-order valence-corrected chi connectivity index (χ0v) is 3.20. The Kier molecular flexibility index (Phi) is 0.198. The molecule has 0 nitrogen and oxygen atoms in total. The number of hydrogen-bond acceptors (Lipinski definition) is 0. The molecule has 0 spiro atoms. The van der Waals surface area contributed by atoms with E-state index in [9.17, 15) is 0 Å². The molecule has 0 aromatic rings. The highest BCUT2D eigenvalue weighted by Crippen LogP contribution is 2.57. The zero-order chi connectivity index (χ0) is 3.28. The zero-order valence-electron chi connectivity index (χ0n) is 3.20. The first-order valence-electron chi connectivity index (χ1n) is 2.31. The topological polar surface area (TPSA) is 0 Å². The van der Waals surface area contributed by atoms with E-state index in [0.29, 0.717) is 0 Å². The van der Waals surface area contributed by atoms with Crippen molar-refractivity contribution in [2.75, 3.05) is 0 Å². The standard InChI is InChI=1S/C5H7/c1-2-5-3-4(1)5/h4H,1-3H2. The molecule has 2 saturated carbocycles. The number of rotatable bonds is 0. The molecule has 1 radical (unpaired) electrons. The van der Waals surface area contributed by atoms with E-state index in [1.54, 1.807) is 0 Å². The third-order valence-electron chi connectivity index (χ3n) is 1.74. The summed E-state index contributed by atoms with van der Waals surface area (Å²) in [5, 5.41) is 0. The van der Waals surface area contributed by atoms with Crippen molar-refractivity contribution in [3.05, 3.63) is 5.92 Å². The van der Waals surface area contributed by atoms with Gasteiger partial charge in [-0.2, -0.15) is 0 Å². The maximum absolute atomic E-state index is 1.85. The molecule has 2 aliphatic rings. The van der Waals surface area contributed by atoms with Crippen molar-refractivity contribution in [1.82, 2.24) is 0 Å². The van der Waals surface area contributed by atoms with E-state index in [-0.39, 0.29) is 0 Å². The molecule has 0 aromatic carbocycles. The molecule has 0 amide bonds. The van der Waals surface area contributed by atoms with Crippen molar-refractivity contribution in [2.45, 2.75) is 19.3 Å². The highest BCUT2D eigenvalue weighted by atomic mass is 14.5. The molecule has 2 aliphatic carbocycles. The van der Waals surface area contributed by atoms with Crippen LogP contribution in [0.15, 0.2) is 0 Å². The van der Waals surface area contributed by atoms with Crippen molar-refractivity contribution in [1.29, 1.82) is 0 Å². The Balaban J connectivity index is 2.19. The lowest BCUT2D eigenvalue weighted by Gasteiger charge is -2.04. The lowest BCUT2D eigenvalue weighted by molar-refractivity contribution is 0.619. The summed E-state index contributed by atoms with van der Waals surface area (Å²) >= 11 is 0. The summed E-state index contributed by atoms with van der Waals surface area (Å²) < 4.78 is 0. The van der Waals surface area contributed by atoms with Gasteiger partial charge in [-0.25, -0.2) is 0 Å². The number of fused-ring (bicyclic) bond motifs is 1. The van der Waals surface area contributed by atoms with Crippen LogP contribution in [0.2, 0.25) is 0 Å². The fraction of sp³-hybridized carbons (Fsp3) is 0.800. The summed E-state index contributed by atoms with van der Waals surface area (Å²) in [4.78, 5) is 0. The van der Waals surface area contributed by atoms with Crippen molar-refractivity contribution in [3.8, 4) is 0 Å². The summed E-state index contributed by atoms with van der Waals surface area (Å²) in [7, 11) is 0. The molecule has 27 valence electrons. The second-order valence-corrected chi connectivity index (χ2v) is 2.10. The molecule has 2 rings (SSSR count). The van der Waals surface area contributed by atoms with Gasteiger partial charge < -0.3 is 0 Å². The minimum Gasteiger partial charge on any atom is -0.0493 e. The Morgan fingerprint density at radius 3 is 2.40 bits per heavy atom. The average Bonchev–Trinajstić information content (AvgIpc) is 1.74. The van der Waals surface area contributed by atoms with Crippen LogP contribution in [-0.4, -0.2) is 0 Å². The minimum absolute atomic E-state index is 1.15. The number of hydrogen-bond donors (Lipinski definition) is 0. The van der Waals surface area contributed by atoms with Gasteiger partial charge in [0.1, 0.15) is 0 Å². The Labute approximate surface area is 32.2 Å². The van der Waals surface area contributed by atoms with Crippen LogP contribution in [0.25, 0.3) is 0 Å². The Morgan fingerprint density at radius 1 is 1.60 bits per heavy atom. The smallest absolute Gasteiger partial charge is 0.0207 e. The average molecular weight is 67.1 g/mol. The Bertz CT molecular complexity index is 45.1. The van der Waals surface area contributed by atoms with Gasteiger partial charge in [-0.3, -0.25) is 0 Å². The van der Waals surface area contributed by atoms with Crippen LogP contribution >= 0.6 is 0 Å². The third kappa shape index (κ3) is 0.132. The fourth-order valence-corrected chi connectivity index (χ4v) is 1.01. The highest BCUT2D eigenvalue weighted by Gasteiger charge is 2.45. The van der Waals surface area contributed by atoms with Gasteiger partial charge in [-0.15, -0.1) is 0 Å². The van der Waals surface area contributed by atoms with Crippen LogP contribution in [0.1, 0.15) is 19.3 Å². The van der Waals surface area contributed by atoms with Gasteiger partial charge in [-0.05, 0) is 31.1 Å². The van der Waals surface area contributed by atoms with Crippen molar-refractivity contribution in [3.63, 3.8) is 0 Å². The van der Waals surface area contributed by atoms with Crippen LogP contribution in [0.3, 0.4) is 0 Å². The normalized spacial score (nSPS) is 46.8. The lowest BCUT2D eigenvalue weighted by Crippen LogP contribution is -1.91. The Hall–Kier alpha value is 0. The minimum atomic E-state index is 1.15. The maximum atomic E-state index is 1.85. The van der Waals surface area contributed by atoms with E-state index >= 15 is 0 Å². The maximum Gasteiger partial charge on any atom is -0.0207 e. The molecule has 0 bridgehead atoms. The van der Waals surface area contributed by atoms with Gasteiger partial charge in [0.25, 0.3) is 0 Å². The summed E-state index contributed by atoms with van der Waals surface area (Å²) in [6.45, 7) is 0. The van der Waals surface area contributed by atoms with Crippen molar-refractivity contribution >= 4 is 0 Å². The molecule has 0 heteroatoms. The molecule has 0 heterocycles. The molecular formula is C5H7. The van der Waals surface area contributed by atoms with Crippen molar-refractivity contribution in [2.24, 2.45) is 5.92 Å². The summed E-state index contributed by atoms with van der Waals surface area (Å²) in [6.07, 6.45) is 4.50. The molecule has 0 aromatic heterocycles. The molecule has 2 fully saturated rings. The van der Waals surface area contributed by atoms with Crippen molar-refractivity contribution < 1.29 is 0 Å². The van der Waals surface area contributed by atoms with Gasteiger partial charge >= 0.3 is 0 Å². The summed E-state index contributed by atoms with van der Waals surface area (Å²) in [5.41, 5.74) is 0. The predicted octanol–water partition coefficient (Wildman–Crippen LogP) is 1.37. The van der Waals surface area contributed by atoms with Crippen LogP contribution in [0.5, 0.6) is 0 Å². The summed E-state index contributed by atoms with van der Waals surface area (Å²) in [5.74, 6) is 3.00. The van der Waals surface area contributed by atoms with E-state index in [4.69, 9.17) is 0 Å². The second kappa shape index (κ2) is 0.444. The van der Waals surface area contributed by atoms with Crippen LogP contribution in [-0.2, 0) is 0 Å². The van der Waals surface area contributed by atoms with Crippen LogP contribution in [0.4, 0.5) is 0 Å². The summed E-state index contributed by atoms with van der Waals surface area (Å²) in [6, 6.07) is 0. The molecular weight excluding hydrogens is 60.1 g/mol. The molecule has 0 N–H and O–H groups in total. The van der Waals surface area contributed by atoms with E-state index < -0.39 is 0 Å². The van der Waals surface area contributed by atoms with Gasteiger partial charge in [-0.1, -0.05) is 0 Å². The second-order valence-electron chi connectivity index (χ2n) is 2.10. The van der Waals surface area contributed by atoms with E-state index in [1.807, 2.05) is 5.92 Å². The quantitative estimate of drug-likeness (QED) is 0.401. The van der Waals surface area contributed by atoms with E-state index in [1.165, 1.54) is 19.3 Å². The monoisotopic (exact) mass is 67.1 g/mol. The van der Waals surface area contributed by atoms with Gasteiger partial charge in [0.15, 0.2) is 0 Å². The van der Waals surface area contributed by atoms with Gasteiger partial charge in [0.2, 0.25) is 0 Å². The fourth-order valence-electron chi connectivity index (χ4n) is 1.01. The molecule has 5 heavy (non-hydrogen) atoms. The largest absolute Gasteiger partial charge is 0.0493 e. The first-order valence-corrected chi connectivity index (χ1v) is 2.31. The van der Waals surface area contributed by atoms with Gasteiger partial charge in [0, 0.05) is 0 Å². The molecule has 1 atom stereocenters. The highest BCUT2D eigenvalue weighted by molar-refractivity contribution is 5.21. The third-order valence-corrected chi connectivity index (χ3v) is 1.74. The predicted molar refractivity (Wildman–Crippen MR) is 20.6 cm³/mol. The van der Waals surface area contributed by atoms with Crippen LogP contribution in [0, 0.1) is 11.8 Å². The lowest BCUT2D eigenvalue weighted by atomic mass is 10.0.